The van der Waals surface area contributed by atoms with Gasteiger partial charge >= 0.3 is 0 Å². The van der Waals surface area contributed by atoms with Gasteiger partial charge in [-0.05, 0) is 18.6 Å². The summed E-state index contributed by atoms with van der Waals surface area (Å²) < 4.78 is 28.4. The molecule has 2 rings (SSSR count). The lowest BCUT2D eigenvalue weighted by Crippen LogP contribution is -2.09. The molecule has 6 heteroatoms. The van der Waals surface area contributed by atoms with Gasteiger partial charge in [-0.15, -0.1) is 10.2 Å². The number of nitrogens with zero attached hydrogens (tertiary/aromatic N) is 3. The van der Waals surface area contributed by atoms with Crippen LogP contribution >= 0.6 is 0 Å². The largest absolute Gasteiger partial charge is 0.324 e. The lowest BCUT2D eigenvalue weighted by atomic mass is 10.2. The molecule has 0 radical (unpaired) electrons. The van der Waals surface area contributed by atoms with Gasteiger partial charge in [0.05, 0.1) is 12.1 Å². The molecule has 18 heavy (non-hydrogen) atoms. The van der Waals surface area contributed by atoms with Crippen LogP contribution in [0.2, 0.25) is 0 Å². The maximum absolute atomic E-state index is 13.7. The Bertz CT molecular complexity index is 551. The summed E-state index contributed by atoms with van der Waals surface area (Å²) in [5.74, 6) is -0.287. The standard InChI is InChI=1S/C12H14F2N4/c1-2-5-18-11(7-15)16-17-12(18)9-4-3-8(13)6-10(9)14/h3-4,6H,2,5,7,15H2,1H3. The van der Waals surface area contributed by atoms with Gasteiger partial charge in [0.2, 0.25) is 0 Å². The summed E-state index contributed by atoms with van der Waals surface area (Å²) in [4.78, 5) is 0. The molecule has 0 bridgehead atoms. The number of hydrogen-bond donors (Lipinski definition) is 1. The molecular formula is C12H14F2N4. The molecule has 1 heterocycles. The van der Waals surface area contributed by atoms with Crippen molar-refractivity contribution in [1.29, 1.82) is 0 Å². The predicted octanol–water partition coefficient (Wildman–Crippen LogP) is 2.09. The van der Waals surface area contributed by atoms with Crippen molar-refractivity contribution in [3.8, 4) is 11.4 Å². The van der Waals surface area contributed by atoms with Crippen LogP contribution in [-0.4, -0.2) is 14.8 Å². The zero-order chi connectivity index (χ0) is 13.1. The van der Waals surface area contributed by atoms with Crippen LogP contribution < -0.4 is 5.73 Å². The van der Waals surface area contributed by atoms with E-state index in [0.717, 1.165) is 12.5 Å². The summed E-state index contributed by atoms with van der Waals surface area (Å²) >= 11 is 0. The van der Waals surface area contributed by atoms with Crippen molar-refractivity contribution in [3.05, 3.63) is 35.7 Å². The maximum atomic E-state index is 13.7. The van der Waals surface area contributed by atoms with Crippen LogP contribution in [0.25, 0.3) is 11.4 Å². The molecule has 1 aromatic carbocycles. The van der Waals surface area contributed by atoms with Gasteiger partial charge in [-0.25, -0.2) is 8.78 Å². The smallest absolute Gasteiger partial charge is 0.166 e. The van der Waals surface area contributed by atoms with Crippen LogP contribution in [0, 0.1) is 11.6 Å². The van der Waals surface area contributed by atoms with Gasteiger partial charge in [-0.2, -0.15) is 0 Å². The Balaban J connectivity index is 2.52. The minimum Gasteiger partial charge on any atom is -0.324 e. The molecule has 2 aromatic rings. The van der Waals surface area contributed by atoms with E-state index in [2.05, 4.69) is 10.2 Å². The Hall–Kier alpha value is -1.82. The van der Waals surface area contributed by atoms with E-state index in [1.807, 2.05) is 6.92 Å². The second-order valence-corrected chi connectivity index (χ2v) is 3.92. The van der Waals surface area contributed by atoms with Crippen LogP contribution in [0.5, 0.6) is 0 Å². The molecule has 0 saturated carbocycles. The molecule has 96 valence electrons. The molecule has 0 aliphatic carbocycles. The van der Waals surface area contributed by atoms with Crippen LogP contribution in [0.4, 0.5) is 8.78 Å². The Morgan fingerprint density at radius 3 is 2.67 bits per heavy atom. The van der Waals surface area contributed by atoms with Gasteiger partial charge < -0.3 is 10.3 Å². The minimum absolute atomic E-state index is 0.232. The SMILES string of the molecule is CCCn1c(CN)nnc1-c1ccc(F)cc1F. The third-order valence-electron chi connectivity index (χ3n) is 2.63. The van der Waals surface area contributed by atoms with Crippen LogP contribution in [0.3, 0.4) is 0 Å². The van der Waals surface area contributed by atoms with Gasteiger partial charge in [0.25, 0.3) is 0 Å². The van der Waals surface area contributed by atoms with E-state index >= 15 is 0 Å². The van der Waals surface area contributed by atoms with Crippen molar-refractivity contribution in [2.75, 3.05) is 0 Å². The first-order chi connectivity index (χ1) is 8.67. The summed E-state index contributed by atoms with van der Waals surface area (Å²) in [6.45, 7) is 2.87. The van der Waals surface area contributed by atoms with Gasteiger partial charge in [0.15, 0.2) is 5.82 Å². The fourth-order valence-corrected chi connectivity index (χ4v) is 1.81. The molecular weight excluding hydrogens is 238 g/mol. The fraction of sp³-hybridized carbons (Fsp3) is 0.333. The molecule has 0 amide bonds. The first kappa shape index (κ1) is 12.6. The quantitative estimate of drug-likeness (QED) is 0.906. The van der Waals surface area contributed by atoms with Gasteiger partial charge in [-0.1, -0.05) is 6.92 Å². The average molecular weight is 252 g/mol. The lowest BCUT2D eigenvalue weighted by Gasteiger charge is -2.08. The highest BCUT2D eigenvalue weighted by Gasteiger charge is 2.15. The minimum atomic E-state index is -0.650. The van der Waals surface area contributed by atoms with E-state index in [0.29, 0.717) is 18.2 Å². The lowest BCUT2D eigenvalue weighted by molar-refractivity contribution is 0.582. The highest BCUT2D eigenvalue weighted by molar-refractivity contribution is 5.56. The molecule has 0 atom stereocenters. The summed E-state index contributed by atoms with van der Waals surface area (Å²) in [5, 5.41) is 7.86. The zero-order valence-electron chi connectivity index (χ0n) is 10.0. The summed E-state index contributed by atoms with van der Waals surface area (Å²) in [6.07, 6.45) is 0.848. The first-order valence-corrected chi connectivity index (χ1v) is 5.75. The monoisotopic (exact) mass is 252 g/mol. The van der Waals surface area contributed by atoms with Crippen LogP contribution in [0.1, 0.15) is 19.2 Å². The highest BCUT2D eigenvalue weighted by Crippen LogP contribution is 2.22. The molecule has 0 fully saturated rings. The number of hydrogen-bond acceptors (Lipinski definition) is 3. The second kappa shape index (κ2) is 5.22. The van der Waals surface area contributed by atoms with Crippen molar-refractivity contribution in [3.63, 3.8) is 0 Å². The fourth-order valence-electron chi connectivity index (χ4n) is 1.81. The molecule has 0 aliphatic heterocycles. The topological polar surface area (TPSA) is 56.7 Å². The Morgan fingerprint density at radius 1 is 1.28 bits per heavy atom. The first-order valence-electron chi connectivity index (χ1n) is 5.75. The third-order valence-corrected chi connectivity index (χ3v) is 2.63. The number of aromatic nitrogens is 3. The predicted molar refractivity (Wildman–Crippen MR) is 63.6 cm³/mol. The van der Waals surface area contributed by atoms with Gasteiger partial charge in [-0.3, -0.25) is 0 Å². The molecule has 0 unspecified atom stereocenters. The van der Waals surface area contributed by atoms with Gasteiger partial charge in [0.1, 0.15) is 17.5 Å². The van der Waals surface area contributed by atoms with E-state index in [-0.39, 0.29) is 12.1 Å². The van der Waals surface area contributed by atoms with Gasteiger partial charge in [0, 0.05) is 12.6 Å². The Labute approximate surface area is 103 Å². The van der Waals surface area contributed by atoms with Crippen molar-refractivity contribution >= 4 is 0 Å². The van der Waals surface area contributed by atoms with Crippen molar-refractivity contribution in [2.24, 2.45) is 5.73 Å². The molecule has 2 N–H and O–H groups in total. The third kappa shape index (κ3) is 2.24. The van der Waals surface area contributed by atoms with E-state index in [9.17, 15) is 8.78 Å². The summed E-state index contributed by atoms with van der Waals surface area (Å²) in [6, 6.07) is 3.40. The molecule has 0 spiro atoms. The van der Waals surface area contributed by atoms with E-state index in [4.69, 9.17) is 5.73 Å². The van der Waals surface area contributed by atoms with Crippen molar-refractivity contribution in [2.45, 2.75) is 26.4 Å². The van der Waals surface area contributed by atoms with E-state index < -0.39 is 11.6 Å². The number of benzene rings is 1. The molecule has 0 saturated heterocycles. The number of rotatable bonds is 4. The van der Waals surface area contributed by atoms with E-state index in [1.165, 1.54) is 12.1 Å². The average Bonchev–Trinajstić information content (AvgIpc) is 2.73. The van der Waals surface area contributed by atoms with Crippen LogP contribution in [-0.2, 0) is 13.1 Å². The Morgan fingerprint density at radius 2 is 2.06 bits per heavy atom. The summed E-state index contributed by atoms with van der Waals surface area (Å²) in [7, 11) is 0. The second-order valence-electron chi connectivity index (χ2n) is 3.92. The normalized spacial score (nSPS) is 10.9. The molecule has 0 aliphatic rings. The van der Waals surface area contributed by atoms with Crippen LogP contribution in [0.15, 0.2) is 18.2 Å². The highest BCUT2D eigenvalue weighted by atomic mass is 19.1. The zero-order valence-corrected chi connectivity index (χ0v) is 10.0. The van der Waals surface area contributed by atoms with Crippen molar-refractivity contribution < 1.29 is 8.78 Å². The maximum Gasteiger partial charge on any atom is 0.166 e. The summed E-state index contributed by atoms with van der Waals surface area (Å²) in [5.41, 5.74) is 5.79. The number of nitrogens with two attached hydrogens (primary N) is 1. The van der Waals surface area contributed by atoms with Crippen molar-refractivity contribution in [1.82, 2.24) is 14.8 Å². The molecule has 1 aromatic heterocycles. The Kier molecular flexibility index (Phi) is 3.66. The molecule has 4 nitrogen and oxygen atoms in total. The number of halogens is 2. The van der Waals surface area contributed by atoms with E-state index in [1.54, 1.807) is 4.57 Å².